The molecule has 1 aromatic heterocycles. The Balaban J connectivity index is 1.86. The van der Waals surface area contributed by atoms with E-state index in [4.69, 9.17) is 4.52 Å². The molecule has 1 aliphatic rings. The second-order valence-corrected chi connectivity index (χ2v) is 6.63. The molecule has 1 aliphatic heterocycles. The number of carbonyl (C=O) groups excluding carboxylic acids is 2. The third-order valence-corrected chi connectivity index (χ3v) is 3.67. The van der Waals surface area contributed by atoms with Gasteiger partial charge in [0.15, 0.2) is 5.82 Å². The van der Waals surface area contributed by atoms with E-state index in [0.717, 1.165) is 0 Å². The molecule has 0 bridgehead atoms. The largest absolute Gasteiger partial charge is 0.360 e. The van der Waals surface area contributed by atoms with Crippen molar-refractivity contribution in [3.8, 4) is 0 Å². The van der Waals surface area contributed by atoms with Crippen LogP contribution in [0.25, 0.3) is 0 Å². The van der Waals surface area contributed by atoms with E-state index in [0.29, 0.717) is 37.5 Å². The van der Waals surface area contributed by atoms with Crippen molar-refractivity contribution in [1.29, 1.82) is 0 Å². The van der Waals surface area contributed by atoms with Gasteiger partial charge < -0.3 is 14.7 Å². The van der Waals surface area contributed by atoms with Gasteiger partial charge in [-0.2, -0.15) is 0 Å². The Morgan fingerprint density at radius 3 is 2.43 bits per heavy atom. The first-order valence-corrected chi connectivity index (χ1v) is 7.31. The number of hydrogen-bond acceptors (Lipinski definition) is 4. The van der Waals surface area contributed by atoms with E-state index >= 15 is 0 Å². The fraction of sp³-hybridized carbons (Fsp3) is 0.667. The molecule has 2 rings (SSSR count). The predicted molar refractivity (Wildman–Crippen MR) is 78.6 cm³/mol. The summed E-state index contributed by atoms with van der Waals surface area (Å²) < 4.78 is 4.92. The number of nitrogens with zero attached hydrogens (tertiary/aromatic N) is 2. The molecule has 0 aromatic carbocycles. The smallest absolute Gasteiger partial charge is 0.228 e. The fourth-order valence-electron chi connectivity index (χ4n) is 2.47. The average Bonchev–Trinajstić information content (AvgIpc) is 2.82. The van der Waals surface area contributed by atoms with Gasteiger partial charge in [0, 0.05) is 30.5 Å². The number of nitrogens with one attached hydrogen (secondary N) is 1. The average molecular weight is 293 g/mol. The van der Waals surface area contributed by atoms with Gasteiger partial charge in [0.2, 0.25) is 11.8 Å². The van der Waals surface area contributed by atoms with Crippen LogP contribution in [0.15, 0.2) is 10.6 Å². The maximum atomic E-state index is 12.2. The monoisotopic (exact) mass is 293 g/mol. The van der Waals surface area contributed by atoms with E-state index in [1.54, 1.807) is 13.0 Å². The fourth-order valence-corrected chi connectivity index (χ4v) is 2.47. The molecule has 0 aliphatic carbocycles. The van der Waals surface area contributed by atoms with Gasteiger partial charge in [-0.05, 0) is 19.8 Å². The third-order valence-electron chi connectivity index (χ3n) is 3.67. The lowest BCUT2D eigenvalue weighted by Crippen LogP contribution is -2.45. The van der Waals surface area contributed by atoms with Crippen molar-refractivity contribution in [3.05, 3.63) is 11.8 Å². The van der Waals surface area contributed by atoms with Gasteiger partial charge >= 0.3 is 0 Å². The van der Waals surface area contributed by atoms with Crippen LogP contribution in [-0.4, -0.2) is 35.0 Å². The summed E-state index contributed by atoms with van der Waals surface area (Å²) in [6.07, 6.45) is 1.37. The van der Waals surface area contributed by atoms with Crippen LogP contribution >= 0.6 is 0 Å². The molecule has 116 valence electrons. The number of hydrogen-bond donors (Lipinski definition) is 1. The third kappa shape index (κ3) is 3.83. The summed E-state index contributed by atoms with van der Waals surface area (Å²) >= 11 is 0. The van der Waals surface area contributed by atoms with Crippen LogP contribution in [-0.2, 0) is 9.59 Å². The molecule has 2 heterocycles. The Morgan fingerprint density at radius 2 is 1.95 bits per heavy atom. The lowest BCUT2D eigenvalue weighted by atomic mass is 9.91. The topological polar surface area (TPSA) is 75.4 Å². The van der Waals surface area contributed by atoms with Gasteiger partial charge in [0.1, 0.15) is 5.76 Å². The summed E-state index contributed by atoms with van der Waals surface area (Å²) in [7, 11) is 0. The number of rotatable bonds is 2. The first kappa shape index (κ1) is 15.5. The zero-order valence-electron chi connectivity index (χ0n) is 13.1. The van der Waals surface area contributed by atoms with Crippen LogP contribution in [0.1, 0.15) is 39.4 Å². The molecule has 0 spiro atoms. The van der Waals surface area contributed by atoms with Crippen LogP contribution in [0.2, 0.25) is 0 Å². The van der Waals surface area contributed by atoms with Crippen molar-refractivity contribution in [2.24, 2.45) is 11.3 Å². The summed E-state index contributed by atoms with van der Waals surface area (Å²) in [5.74, 6) is 1.13. The highest BCUT2D eigenvalue weighted by Crippen LogP contribution is 2.24. The van der Waals surface area contributed by atoms with E-state index in [1.165, 1.54) is 0 Å². The van der Waals surface area contributed by atoms with E-state index in [-0.39, 0.29) is 23.1 Å². The van der Waals surface area contributed by atoms with Gasteiger partial charge in [-0.15, -0.1) is 0 Å². The zero-order chi connectivity index (χ0) is 15.6. The van der Waals surface area contributed by atoms with Crippen LogP contribution in [0.5, 0.6) is 0 Å². The van der Waals surface area contributed by atoms with Crippen molar-refractivity contribution in [1.82, 2.24) is 10.1 Å². The summed E-state index contributed by atoms with van der Waals surface area (Å²) in [5.41, 5.74) is -0.368. The molecule has 0 unspecified atom stereocenters. The zero-order valence-corrected chi connectivity index (χ0v) is 13.1. The van der Waals surface area contributed by atoms with Gasteiger partial charge in [-0.1, -0.05) is 25.9 Å². The van der Waals surface area contributed by atoms with Gasteiger partial charge in [-0.3, -0.25) is 9.59 Å². The van der Waals surface area contributed by atoms with Crippen molar-refractivity contribution in [3.63, 3.8) is 0 Å². The molecule has 0 saturated carbocycles. The molecular weight excluding hydrogens is 270 g/mol. The summed E-state index contributed by atoms with van der Waals surface area (Å²) in [4.78, 5) is 26.2. The first-order chi connectivity index (χ1) is 9.77. The molecule has 1 aromatic rings. The number of likely N-dealkylation sites (tertiary alicyclic amines) is 1. The minimum absolute atomic E-state index is 0.0499. The van der Waals surface area contributed by atoms with Gasteiger partial charge in [0.05, 0.1) is 0 Å². The lowest BCUT2D eigenvalue weighted by Gasteiger charge is -2.35. The minimum atomic E-state index is -0.368. The number of aromatic nitrogens is 1. The highest BCUT2D eigenvalue weighted by atomic mass is 16.5. The second-order valence-electron chi connectivity index (χ2n) is 6.63. The van der Waals surface area contributed by atoms with Crippen molar-refractivity contribution >= 4 is 17.6 Å². The maximum absolute atomic E-state index is 12.2. The van der Waals surface area contributed by atoms with E-state index < -0.39 is 0 Å². The number of carbonyl (C=O) groups is 2. The molecule has 2 amide bonds. The molecule has 0 atom stereocenters. The van der Waals surface area contributed by atoms with Crippen molar-refractivity contribution < 1.29 is 14.1 Å². The maximum Gasteiger partial charge on any atom is 0.228 e. The Bertz CT molecular complexity index is 523. The quantitative estimate of drug-likeness (QED) is 0.907. The van der Waals surface area contributed by atoms with Crippen LogP contribution in [0.4, 0.5) is 5.82 Å². The van der Waals surface area contributed by atoms with Crippen LogP contribution in [0.3, 0.4) is 0 Å². The lowest BCUT2D eigenvalue weighted by molar-refractivity contribution is -0.142. The number of aryl methyl sites for hydroxylation is 1. The van der Waals surface area contributed by atoms with Crippen molar-refractivity contribution in [2.75, 3.05) is 18.4 Å². The summed E-state index contributed by atoms with van der Waals surface area (Å²) in [6.45, 7) is 8.79. The Hall–Kier alpha value is -1.85. The van der Waals surface area contributed by atoms with Crippen LogP contribution < -0.4 is 5.32 Å². The molecule has 1 N–H and O–H groups in total. The Labute approximate surface area is 124 Å². The van der Waals surface area contributed by atoms with Gasteiger partial charge in [-0.25, -0.2) is 0 Å². The SMILES string of the molecule is Cc1cc(NC(=O)C2CCN(C(=O)C(C)(C)C)CC2)no1. The molecular formula is C15H23N3O3. The Morgan fingerprint density at radius 1 is 1.33 bits per heavy atom. The van der Waals surface area contributed by atoms with Crippen molar-refractivity contribution in [2.45, 2.75) is 40.5 Å². The number of piperidine rings is 1. The highest BCUT2D eigenvalue weighted by molar-refractivity contribution is 5.92. The highest BCUT2D eigenvalue weighted by Gasteiger charge is 2.32. The molecule has 1 fully saturated rings. The first-order valence-electron chi connectivity index (χ1n) is 7.31. The molecule has 6 heteroatoms. The standard InChI is InChI=1S/C15H23N3O3/c1-10-9-12(17-21-10)16-13(19)11-5-7-18(8-6-11)14(20)15(2,3)4/h9,11H,5-8H2,1-4H3,(H,16,17,19). The van der Waals surface area contributed by atoms with E-state index in [1.807, 2.05) is 25.7 Å². The summed E-state index contributed by atoms with van der Waals surface area (Å²) in [5, 5.41) is 6.51. The molecule has 0 radical (unpaired) electrons. The Kier molecular flexibility index (Phi) is 4.34. The predicted octanol–water partition coefficient (Wildman–Crippen LogP) is 2.21. The molecule has 1 saturated heterocycles. The number of anilines is 1. The number of amides is 2. The minimum Gasteiger partial charge on any atom is -0.360 e. The normalized spacial score (nSPS) is 16.9. The molecule has 21 heavy (non-hydrogen) atoms. The molecule has 6 nitrogen and oxygen atoms in total. The van der Waals surface area contributed by atoms with Crippen LogP contribution in [0, 0.1) is 18.3 Å². The second kappa shape index (κ2) is 5.87. The van der Waals surface area contributed by atoms with E-state index in [9.17, 15) is 9.59 Å². The van der Waals surface area contributed by atoms with Gasteiger partial charge in [0.25, 0.3) is 0 Å². The van der Waals surface area contributed by atoms with E-state index in [2.05, 4.69) is 10.5 Å². The summed E-state index contributed by atoms with van der Waals surface area (Å²) in [6, 6.07) is 1.69.